The standard InChI is InChI=1S/C21H17N3O3/c1-21(11-15-9-5-6-10-16(15)19(25)27-21)20(26)24-17-12-22-13-23-18(17)14-7-3-2-4-8-14/h2-10,12-13H,11H2,1H3,(H,24,26). The average Bonchev–Trinajstić information content (AvgIpc) is 2.69. The highest BCUT2D eigenvalue weighted by Gasteiger charge is 2.42. The molecule has 1 aromatic heterocycles. The zero-order valence-electron chi connectivity index (χ0n) is 14.7. The van der Waals surface area contributed by atoms with Crippen LogP contribution in [0, 0.1) is 0 Å². The number of anilines is 1. The van der Waals surface area contributed by atoms with Gasteiger partial charge < -0.3 is 10.1 Å². The van der Waals surface area contributed by atoms with E-state index in [1.165, 1.54) is 12.5 Å². The molecule has 1 atom stereocenters. The predicted octanol–water partition coefficient (Wildman–Crippen LogP) is 3.25. The number of rotatable bonds is 3. The lowest BCUT2D eigenvalue weighted by molar-refractivity contribution is -0.134. The van der Waals surface area contributed by atoms with E-state index in [2.05, 4.69) is 15.3 Å². The number of carbonyl (C=O) groups is 2. The number of fused-ring (bicyclic) bond motifs is 1. The summed E-state index contributed by atoms with van der Waals surface area (Å²) in [5, 5.41) is 2.83. The van der Waals surface area contributed by atoms with Gasteiger partial charge in [-0.3, -0.25) is 4.79 Å². The Balaban J connectivity index is 1.63. The molecule has 6 heteroatoms. The van der Waals surface area contributed by atoms with Crippen molar-refractivity contribution in [1.82, 2.24) is 9.97 Å². The Morgan fingerprint density at radius 2 is 1.85 bits per heavy atom. The molecular weight excluding hydrogens is 342 g/mol. The SMILES string of the molecule is CC1(C(=O)Nc2cncnc2-c2ccccc2)Cc2ccccc2C(=O)O1. The summed E-state index contributed by atoms with van der Waals surface area (Å²) in [6, 6.07) is 16.6. The predicted molar refractivity (Wildman–Crippen MR) is 100 cm³/mol. The van der Waals surface area contributed by atoms with E-state index in [0.717, 1.165) is 11.1 Å². The smallest absolute Gasteiger partial charge is 0.339 e. The molecule has 1 amide bonds. The minimum atomic E-state index is -1.31. The fraction of sp³-hybridized carbons (Fsp3) is 0.143. The summed E-state index contributed by atoms with van der Waals surface area (Å²) in [6.45, 7) is 1.61. The summed E-state index contributed by atoms with van der Waals surface area (Å²) in [7, 11) is 0. The van der Waals surface area contributed by atoms with Crippen molar-refractivity contribution in [2.75, 3.05) is 5.32 Å². The number of cyclic esters (lactones) is 1. The van der Waals surface area contributed by atoms with E-state index >= 15 is 0 Å². The maximum absolute atomic E-state index is 13.0. The Bertz CT molecular complexity index is 1020. The monoisotopic (exact) mass is 359 g/mol. The third kappa shape index (κ3) is 3.17. The minimum absolute atomic E-state index is 0.301. The van der Waals surface area contributed by atoms with Crippen molar-refractivity contribution in [3.63, 3.8) is 0 Å². The van der Waals surface area contributed by atoms with Gasteiger partial charge in [0.05, 0.1) is 23.1 Å². The first-order chi connectivity index (χ1) is 13.1. The van der Waals surface area contributed by atoms with Crippen LogP contribution >= 0.6 is 0 Å². The van der Waals surface area contributed by atoms with Gasteiger partial charge in [-0.2, -0.15) is 0 Å². The summed E-state index contributed by atoms with van der Waals surface area (Å²) in [5.41, 5.74) is 1.89. The maximum atomic E-state index is 13.0. The Morgan fingerprint density at radius 3 is 2.67 bits per heavy atom. The summed E-state index contributed by atoms with van der Waals surface area (Å²) in [5.74, 6) is -0.917. The van der Waals surface area contributed by atoms with E-state index in [0.29, 0.717) is 23.4 Å². The number of aromatic nitrogens is 2. The zero-order valence-corrected chi connectivity index (χ0v) is 14.7. The quantitative estimate of drug-likeness (QED) is 0.726. The molecule has 27 heavy (non-hydrogen) atoms. The number of hydrogen-bond acceptors (Lipinski definition) is 5. The molecule has 1 unspecified atom stereocenters. The zero-order chi connectivity index (χ0) is 18.9. The minimum Gasteiger partial charge on any atom is -0.445 e. The van der Waals surface area contributed by atoms with Crippen molar-refractivity contribution in [2.45, 2.75) is 18.9 Å². The van der Waals surface area contributed by atoms with Crippen LogP contribution in [0.5, 0.6) is 0 Å². The van der Waals surface area contributed by atoms with Gasteiger partial charge in [-0.1, -0.05) is 48.5 Å². The van der Waals surface area contributed by atoms with Crippen LogP contribution in [0.2, 0.25) is 0 Å². The number of carbonyl (C=O) groups excluding carboxylic acids is 2. The lowest BCUT2D eigenvalue weighted by Gasteiger charge is -2.33. The summed E-state index contributed by atoms with van der Waals surface area (Å²) in [6.07, 6.45) is 3.26. The van der Waals surface area contributed by atoms with E-state index in [1.807, 2.05) is 42.5 Å². The molecule has 3 aromatic rings. The molecule has 1 aliphatic heterocycles. The highest BCUT2D eigenvalue weighted by molar-refractivity contribution is 6.03. The summed E-state index contributed by atoms with van der Waals surface area (Å²) in [4.78, 5) is 33.6. The van der Waals surface area contributed by atoms with Gasteiger partial charge in [0.2, 0.25) is 0 Å². The van der Waals surface area contributed by atoms with Crippen molar-refractivity contribution >= 4 is 17.6 Å². The van der Waals surface area contributed by atoms with Crippen molar-refractivity contribution < 1.29 is 14.3 Å². The molecule has 0 aliphatic carbocycles. The van der Waals surface area contributed by atoms with Crippen LogP contribution in [0.3, 0.4) is 0 Å². The van der Waals surface area contributed by atoms with Crippen LogP contribution in [-0.2, 0) is 16.0 Å². The van der Waals surface area contributed by atoms with Gasteiger partial charge in [0.25, 0.3) is 5.91 Å². The fourth-order valence-corrected chi connectivity index (χ4v) is 3.16. The first-order valence-electron chi connectivity index (χ1n) is 8.55. The first-order valence-corrected chi connectivity index (χ1v) is 8.55. The average molecular weight is 359 g/mol. The molecular formula is C21H17N3O3. The topological polar surface area (TPSA) is 81.2 Å². The Kier molecular flexibility index (Phi) is 4.16. The molecule has 0 bridgehead atoms. The molecule has 0 saturated heterocycles. The van der Waals surface area contributed by atoms with Crippen molar-refractivity contribution in [3.05, 3.63) is 78.2 Å². The normalized spacial score (nSPS) is 18.3. The summed E-state index contributed by atoms with van der Waals surface area (Å²) < 4.78 is 5.49. The highest BCUT2D eigenvalue weighted by Crippen LogP contribution is 2.31. The Hall–Kier alpha value is -3.54. The Morgan fingerprint density at radius 1 is 1.11 bits per heavy atom. The van der Waals surface area contributed by atoms with Gasteiger partial charge >= 0.3 is 5.97 Å². The number of esters is 1. The van der Waals surface area contributed by atoms with E-state index < -0.39 is 17.5 Å². The third-order valence-corrected chi connectivity index (χ3v) is 4.57. The molecule has 0 spiro atoms. The highest BCUT2D eigenvalue weighted by atomic mass is 16.6. The van der Waals surface area contributed by atoms with Gasteiger partial charge in [-0.05, 0) is 18.6 Å². The van der Waals surface area contributed by atoms with E-state index in [9.17, 15) is 9.59 Å². The number of hydrogen-bond donors (Lipinski definition) is 1. The second-order valence-corrected chi connectivity index (χ2v) is 6.56. The van der Waals surface area contributed by atoms with Crippen LogP contribution < -0.4 is 5.32 Å². The van der Waals surface area contributed by atoms with Crippen LogP contribution in [0.25, 0.3) is 11.3 Å². The molecule has 1 N–H and O–H groups in total. The number of amides is 1. The molecule has 134 valence electrons. The van der Waals surface area contributed by atoms with Gasteiger partial charge in [-0.25, -0.2) is 14.8 Å². The van der Waals surface area contributed by atoms with E-state index in [4.69, 9.17) is 4.74 Å². The lowest BCUT2D eigenvalue weighted by Crippen LogP contribution is -2.49. The number of ether oxygens (including phenoxy) is 1. The van der Waals surface area contributed by atoms with Gasteiger partial charge in [0.1, 0.15) is 6.33 Å². The maximum Gasteiger partial charge on any atom is 0.339 e. The largest absolute Gasteiger partial charge is 0.445 e. The summed E-state index contributed by atoms with van der Waals surface area (Å²) >= 11 is 0. The van der Waals surface area contributed by atoms with Crippen LogP contribution in [-0.4, -0.2) is 27.4 Å². The second-order valence-electron chi connectivity index (χ2n) is 6.56. The van der Waals surface area contributed by atoms with Crippen LogP contribution in [0.4, 0.5) is 5.69 Å². The molecule has 2 aromatic carbocycles. The van der Waals surface area contributed by atoms with Crippen molar-refractivity contribution in [3.8, 4) is 11.3 Å². The second kappa shape index (κ2) is 6.64. The molecule has 0 fully saturated rings. The molecule has 2 heterocycles. The van der Waals surface area contributed by atoms with Crippen LogP contribution in [0.15, 0.2) is 67.1 Å². The van der Waals surface area contributed by atoms with Crippen LogP contribution in [0.1, 0.15) is 22.8 Å². The fourth-order valence-electron chi connectivity index (χ4n) is 3.16. The van der Waals surface area contributed by atoms with Crippen molar-refractivity contribution in [1.29, 1.82) is 0 Å². The first kappa shape index (κ1) is 16.9. The van der Waals surface area contributed by atoms with E-state index in [-0.39, 0.29) is 0 Å². The van der Waals surface area contributed by atoms with Gasteiger partial charge in [0, 0.05) is 12.0 Å². The van der Waals surface area contributed by atoms with Gasteiger partial charge in [-0.15, -0.1) is 0 Å². The van der Waals surface area contributed by atoms with Gasteiger partial charge in [0.15, 0.2) is 5.60 Å². The number of nitrogens with one attached hydrogen (secondary N) is 1. The molecule has 0 radical (unpaired) electrons. The molecule has 0 saturated carbocycles. The molecule has 1 aliphatic rings. The lowest BCUT2D eigenvalue weighted by atomic mass is 9.89. The number of benzene rings is 2. The third-order valence-electron chi connectivity index (χ3n) is 4.57. The Labute approximate surface area is 156 Å². The molecule has 4 rings (SSSR count). The van der Waals surface area contributed by atoms with Crippen molar-refractivity contribution in [2.24, 2.45) is 0 Å². The van der Waals surface area contributed by atoms with E-state index in [1.54, 1.807) is 19.1 Å². The number of nitrogens with zero attached hydrogens (tertiary/aromatic N) is 2. The molecule has 6 nitrogen and oxygen atoms in total.